The second kappa shape index (κ2) is 5.42. The average molecular weight is 248 g/mol. The molecule has 3 N–H and O–H groups in total. The fourth-order valence-corrected chi connectivity index (χ4v) is 1.55. The van der Waals surface area contributed by atoms with Gasteiger partial charge >= 0.3 is 0 Å². The highest BCUT2D eigenvalue weighted by Gasteiger charge is 2.23. The van der Waals surface area contributed by atoms with Gasteiger partial charge in [-0.2, -0.15) is 0 Å². The Morgan fingerprint density at radius 2 is 2.00 bits per heavy atom. The van der Waals surface area contributed by atoms with Crippen LogP contribution >= 0.6 is 0 Å². The summed E-state index contributed by atoms with van der Waals surface area (Å²) in [6.45, 7) is 11.2. The van der Waals surface area contributed by atoms with Crippen LogP contribution in [0.4, 0.5) is 5.69 Å². The molecule has 3 heteroatoms. The van der Waals surface area contributed by atoms with Gasteiger partial charge in [-0.3, -0.25) is 4.79 Å². The maximum absolute atomic E-state index is 12.1. The van der Waals surface area contributed by atoms with E-state index in [4.69, 9.17) is 5.73 Å². The van der Waals surface area contributed by atoms with Crippen LogP contribution in [0.5, 0.6) is 0 Å². The Labute approximate surface area is 110 Å². The molecular weight excluding hydrogens is 224 g/mol. The number of nitrogens with two attached hydrogens (primary N) is 1. The number of hydrogen-bond donors (Lipinski definition) is 2. The zero-order valence-corrected chi connectivity index (χ0v) is 12.0. The summed E-state index contributed by atoms with van der Waals surface area (Å²) in [5.74, 6) is 0.492. The molecule has 100 valence electrons. The first-order valence-corrected chi connectivity index (χ1v) is 6.38. The van der Waals surface area contributed by atoms with Gasteiger partial charge in [0, 0.05) is 17.8 Å². The normalized spacial score (nSPS) is 11.7. The van der Waals surface area contributed by atoms with Crippen LogP contribution in [0.15, 0.2) is 18.2 Å². The Morgan fingerprint density at radius 3 is 2.50 bits per heavy atom. The number of amides is 1. The molecule has 0 spiro atoms. The molecule has 0 aromatic heterocycles. The van der Waals surface area contributed by atoms with Crippen LogP contribution in [0.2, 0.25) is 0 Å². The van der Waals surface area contributed by atoms with Crippen LogP contribution in [0.1, 0.15) is 43.6 Å². The fraction of sp³-hybridized carbons (Fsp3) is 0.533. The van der Waals surface area contributed by atoms with Gasteiger partial charge in [-0.25, -0.2) is 0 Å². The van der Waals surface area contributed by atoms with E-state index in [9.17, 15) is 4.79 Å². The topological polar surface area (TPSA) is 55.1 Å². The lowest BCUT2D eigenvalue weighted by molar-refractivity contribution is 0.0924. The van der Waals surface area contributed by atoms with E-state index < -0.39 is 0 Å². The second-order valence-corrected chi connectivity index (χ2v) is 5.90. The Hall–Kier alpha value is -1.51. The average Bonchev–Trinajstić information content (AvgIpc) is 2.25. The summed E-state index contributed by atoms with van der Waals surface area (Å²) in [7, 11) is 0. The van der Waals surface area contributed by atoms with Crippen molar-refractivity contribution in [3.8, 4) is 0 Å². The van der Waals surface area contributed by atoms with Crippen LogP contribution in [0.3, 0.4) is 0 Å². The van der Waals surface area contributed by atoms with E-state index in [1.54, 1.807) is 12.1 Å². The van der Waals surface area contributed by atoms with Crippen molar-refractivity contribution in [2.45, 2.75) is 34.6 Å². The lowest BCUT2D eigenvalue weighted by Gasteiger charge is -2.29. The molecule has 0 aliphatic heterocycles. The van der Waals surface area contributed by atoms with Gasteiger partial charge in [0.15, 0.2) is 0 Å². The van der Waals surface area contributed by atoms with Gasteiger partial charge in [0.2, 0.25) is 0 Å². The Kier molecular flexibility index (Phi) is 4.38. The SMILES string of the molecule is Cc1cc(N)ccc1C(=O)NCC(C)(C)C(C)C. The lowest BCUT2D eigenvalue weighted by Crippen LogP contribution is -2.37. The van der Waals surface area contributed by atoms with E-state index in [-0.39, 0.29) is 11.3 Å². The van der Waals surface area contributed by atoms with Gasteiger partial charge in [-0.15, -0.1) is 0 Å². The highest BCUT2D eigenvalue weighted by molar-refractivity contribution is 5.96. The van der Waals surface area contributed by atoms with E-state index in [2.05, 4.69) is 33.0 Å². The van der Waals surface area contributed by atoms with Gasteiger partial charge in [0.25, 0.3) is 5.91 Å². The summed E-state index contributed by atoms with van der Waals surface area (Å²) in [4.78, 5) is 12.1. The quantitative estimate of drug-likeness (QED) is 0.805. The summed E-state index contributed by atoms with van der Waals surface area (Å²) < 4.78 is 0. The highest BCUT2D eigenvalue weighted by atomic mass is 16.1. The minimum absolute atomic E-state index is 0.0266. The number of carbonyl (C=O) groups is 1. The molecule has 0 atom stereocenters. The first kappa shape index (κ1) is 14.6. The maximum atomic E-state index is 12.1. The van der Waals surface area contributed by atoms with Crippen molar-refractivity contribution >= 4 is 11.6 Å². The van der Waals surface area contributed by atoms with E-state index >= 15 is 0 Å². The predicted octanol–water partition coefficient (Wildman–Crippen LogP) is 2.99. The number of aryl methyl sites for hydroxylation is 1. The number of nitrogen functional groups attached to an aromatic ring is 1. The third kappa shape index (κ3) is 3.49. The smallest absolute Gasteiger partial charge is 0.251 e. The molecule has 0 radical (unpaired) electrons. The number of carbonyl (C=O) groups excluding carboxylic acids is 1. The Balaban J connectivity index is 2.72. The van der Waals surface area contributed by atoms with E-state index in [0.717, 1.165) is 5.56 Å². The summed E-state index contributed by atoms with van der Waals surface area (Å²) in [6, 6.07) is 5.36. The van der Waals surface area contributed by atoms with Crippen LogP contribution < -0.4 is 11.1 Å². The molecule has 0 unspecified atom stereocenters. The van der Waals surface area contributed by atoms with E-state index in [0.29, 0.717) is 23.7 Å². The van der Waals surface area contributed by atoms with Crippen molar-refractivity contribution in [3.63, 3.8) is 0 Å². The standard InChI is InChI=1S/C15H24N2O/c1-10(2)15(4,5)9-17-14(18)13-7-6-12(16)8-11(13)3/h6-8,10H,9,16H2,1-5H3,(H,17,18). The third-order valence-corrected chi connectivity index (χ3v) is 3.76. The molecule has 0 bridgehead atoms. The molecule has 0 saturated heterocycles. The van der Waals surface area contributed by atoms with Crippen LogP contribution in [0.25, 0.3) is 0 Å². The minimum atomic E-state index is -0.0266. The Morgan fingerprint density at radius 1 is 1.39 bits per heavy atom. The first-order chi connectivity index (χ1) is 8.24. The molecule has 0 heterocycles. The van der Waals surface area contributed by atoms with Crippen LogP contribution in [-0.2, 0) is 0 Å². The number of hydrogen-bond acceptors (Lipinski definition) is 2. The zero-order chi connectivity index (χ0) is 13.9. The molecule has 1 aromatic carbocycles. The molecule has 1 aromatic rings. The first-order valence-electron chi connectivity index (χ1n) is 6.38. The summed E-state index contributed by atoms with van der Waals surface area (Å²) >= 11 is 0. The van der Waals surface area contributed by atoms with Gasteiger partial charge in [0.1, 0.15) is 0 Å². The molecule has 0 aliphatic rings. The number of rotatable bonds is 4. The highest BCUT2D eigenvalue weighted by Crippen LogP contribution is 2.24. The predicted molar refractivity (Wildman–Crippen MR) is 76.5 cm³/mol. The van der Waals surface area contributed by atoms with Gasteiger partial charge < -0.3 is 11.1 Å². The second-order valence-electron chi connectivity index (χ2n) is 5.90. The summed E-state index contributed by atoms with van der Waals surface area (Å²) in [6.07, 6.45) is 0. The molecule has 1 rings (SSSR count). The monoisotopic (exact) mass is 248 g/mol. The third-order valence-electron chi connectivity index (χ3n) is 3.76. The van der Waals surface area contributed by atoms with Crippen LogP contribution in [-0.4, -0.2) is 12.5 Å². The number of nitrogens with one attached hydrogen (secondary N) is 1. The molecular formula is C15H24N2O. The zero-order valence-electron chi connectivity index (χ0n) is 12.0. The molecule has 0 aliphatic carbocycles. The van der Waals surface area contributed by atoms with Crippen LogP contribution in [0, 0.1) is 18.3 Å². The fourth-order valence-electron chi connectivity index (χ4n) is 1.55. The summed E-state index contributed by atoms with van der Waals surface area (Å²) in [5, 5.41) is 3.00. The van der Waals surface area contributed by atoms with Crippen molar-refractivity contribution in [1.29, 1.82) is 0 Å². The Bertz CT molecular complexity index is 436. The van der Waals surface area contributed by atoms with Crippen molar-refractivity contribution in [2.75, 3.05) is 12.3 Å². The van der Waals surface area contributed by atoms with Crippen molar-refractivity contribution in [1.82, 2.24) is 5.32 Å². The van der Waals surface area contributed by atoms with Crippen molar-refractivity contribution < 1.29 is 4.79 Å². The minimum Gasteiger partial charge on any atom is -0.399 e. The van der Waals surface area contributed by atoms with Gasteiger partial charge in [0.05, 0.1) is 0 Å². The molecule has 1 amide bonds. The maximum Gasteiger partial charge on any atom is 0.251 e. The number of benzene rings is 1. The number of anilines is 1. The van der Waals surface area contributed by atoms with Crippen molar-refractivity contribution in [3.05, 3.63) is 29.3 Å². The largest absolute Gasteiger partial charge is 0.399 e. The van der Waals surface area contributed by atoms with Crippen molar-refractivity contribution in [2.24, 2.45) is 11.3 Å². The van der Waals surface area contributed by atoms with E-state index in [1.807, 2.05) is 13.0 Å². The van der Waals surface area contributed by atoms with Gasteiger partial charge in [-0.1, -0.05) is 27.7 Å². The summed E-state index contributed by atoms with van der Waals surface area (Å²) in [5.41, 5.74) is 8.07. The molecule has 0 saturated carbocycles. The van der Waals surface area contributed by atoms with Gasteiger partial charge in [-0.05, 0) is 42.0 Å². The lowest BCUT2D eigenvalue weighted by atomic mass is 9.81. The molecule has 0 fully saturated rings. The molecule has 3 nitrogen and oxygen atoms in total. The van der Waals surface area contributed by atoms with E-state index in [1.165, 1.54) is 0 Å². The molecule has 18 heavy (non-hydrogen) atoms.